The quantitative estimate of drug-likeness (QED) is 0.479. The number of carbonyl (C=O) groups is 2. The molecule has 0 aliphatic rings. The van der Waals surface area contributed by atoms with Crippen LogP contribution in [0.25, 0.3) is 5.52 Å². The summed E-state index contributed by atoms with van der Waals surface area (Å²) in [5.74, 6) is -0.563. The number of hydrogen-bond acceptors (Lipinski definition) is 3. The highest BCUT2D eigenvalue weighted by Gasteiger charge is 2.26. The molecule has 0 spiro atoms. The van der Waals surface area contributed by atoms with Crippen LogP contribution in [-0.4, -0.2) is 16.1 Å². The molecule has 2 heterocycles. The van der Waals surface area contributed by atoms with Gasteiger partial charge in [-0.3, -0.25) is 9.59 Å². The number of anilines is 2. The fourth-order valence-corrected chi connectivity index (χ4v) is 3.61. The highest BCUT2D eigenvalue weighted by Crippen LogP contribution is 2.30. The third-order valence-corrected chi connectivity index (χ3v) is 5.49. The van der Waals surface area contributed by atoms with E-state index in [-0.39, 0.29) is 17.4 Å². The zero-order valence-electron chi connectivity index (χ0n) is 17.2. The number of nitrogens with one attached hydrogen (secondary N) is 1. The molecular weight excluding hydrogens is 374 g/mol. The number of aromatic nitrogens is 1. The number of benzene rings is 2. The van der Waals surface area contributed by atoms with Crippen LogP contribution < -0.4 is 11.1 Å². The van der Waals surface area contributed by atoms with Gasteiger partial charge in [-0.25, -0.2) is 0 Å². The van der Waals surface area contributed by atoms with Gasteiger partial charge < -0.3 is 15.5 Å². The van der Waals surface area contributed by atoms with Gasteiger partial charge in [0.25, 0.3) is 5.91 Å². The predicted octanol–water partition coefficient (Wildman–Crippen LogP) is 4.93. The third kappa shape index (κ3) is 3.24. The number of rotatable bonds is 4. The van der Waals surface area contributed by atoms with E-state index in [9.17, 15) is 9.59 Å². The van der Waals surface area contributed by atoms with E-state index in [0.29, 0.717) is 22.3 Å². The van der Waals surface area contributed by atoms with Gasteiger partial charge in [0.05, 0.1) is 16.8 Å². The van der Waals surface area contributed by atoms with Crippen LogP contribution in [0.15, 0.2) is 66.9 Å². The van der Waals surface area contributed by atoms with Crippen molar-refractivity contribution in [3.05, 3.63) is 100 Å². The minimum atomic E-state index is -0.340. The molecule has 0 fully saturated rings. The highest BCUT2D eigenvalue weighted by molar-refractivity contribution is 6.20. The van der Waals surface area contributed by atoms with Crippen molar-refractivity contribution in [1.82, 2.24) is 4.40 Å². The smallest absolute Gasteiger partial charge is 0.259 e. The average molecular weight is 397 g/mol. The zero-order valence-corrected chi connectivity index (χ0v) is 17.2. The van der Waals surface area contributed by atoms with Crippen molar-refractivity contribution in [3.8, 4) is 0 Å². The first kappa shape index (κ1) is 19.5. The van der Waals surface area contributed by atoms with Gasteiger partial charge in [0.2, 0.25) is 5.78 Å². The predicted molar refractivity (Wildman–Crippen MR) is 120 cm³/mol. The van der Waals surface area contributed by atoms with E-state index in [2.05, 4.69) is 5.32 Å². The maximum absolute atomic E-state index is 13.3. The molecule has 30 heavy (non-hydrogen) atoms. The van der Waals surface area contributed by atoms with E-state index in [0.717, 1.165) is 22.4 Å². The van der Waals surface area contributed by atoms with E-state index in [1.54, 1.807) is 28.8 Å². The standard InChI is InChI=1S/C25H23N3O2/c1-15-10-12-18(13-11-15)24(29)23-22(26)21(20-9-4-5-14-28(20)23)25(30)27-19-8-6-7-16(2)17(19)3/h4-14H,26H2,1-3H3,(H,27,30). The second-order valence-electron chi connectivity index (χ2n) is 7.49. The molecule has 4 aromatic rings. The molecule has 5 heteroatoms. The number of fused-ring (bicyclic) bond motifs is 1. The Balaban J connectivity index is 1.82. The Bertz CT molecular complexity index is 1280. The lowest BCUT2D eigenvalue weighted by atomic mass is 10.0. The van der Waals surface area contributed by atoms with Gasteiger partial charge in [0, 0.05) is 17.4 Å². The van der Waals surface area contributed by atoms with Crippen LogP contribution in [0.1, 0.15) is 43.1 Å². The summed E-state index contributed by atoms with van der Waals surface area (Å²) in [6, 6.07) is 18.5. The highest BCUT2D eigenvalue weighted by atomic mass is 16.2. The Labute approximate surface area is 175 Å². The minimum Gasteiger partial charge on any atom is -0.396 e. The van der Waals surface area contributed by atoms with Gasteiger partial charge in [-0.2, -0.15) is 0 Å². The molecule has 0 saturated heterocycles. The van der Waals surface area contributed by atoms with Crippen molar-refractivity contribution < 1.29 is 9.59 Å². The largest absolute Gasteiger partial charge is 0.396 e. The van der Waals surface area contributed by atoms with Gasteiger partial charge in [0.15, 0.2) is 0 Å². The van der Waals surface area contributed by atoms with Crippen molar-refractivity contribution in [2.24, 2.45) is 0 Å². The molecule has 150 valence electrons. The number of aryl methyl sites for hydroxylation is 2. The molecule has 4 rings (SSSR count). The summed E-state index contributed by atoms with van der Waals surface area (Å²) in [6.45, 7) is 5.91. The molecule has 0 bridgehead atoms. The van der Waals surface area contributed by atoms with Crippen molar-refractivity contribution in [2.45, 2.75) is 20.8 Å². The second-order valence-corrected chi connectivity index (χ2v) is 7.49. The van der Waals surface area contributed by atoms with Crippen LogP contribution in [0.3, 0.4) is 0 Å². The van der Waals surface area contributed by atoms with E-state index in [4.69, 9.17) is 5.73 Å². The van der Waals surface area contributed by atoms with E-state index < -0.39 is 0 Å². The molecule has 0 atom stereocenters. The van der Waals surface area contributed by atoms with Gasteiger partial charge in [-0.05, 0) is 50.1 Å². The molecule has 2 aromatic carbocycles. The molecule has 0 radical (unpaired) electrons. The number of pyridine rings is 1. The van der Waals surface area contributed by atoms with Crippen LogP contribution in [0, 0.1) is 20.8 Å². The Hall–Kier alpha value is -3.86. The summed E-state index contributed by atoms with van der Waals surface area (Å²) in [5, 5.41) is 2.96. The minimum absolute atomic E-state index is 0.176. The number of amides is 1. The van der Waals surface area contributed by atoms with Crippen molar-refractivity contribution in [1.29, 1.82) is 0 Å². The topological polar surface area (TPSA) is 76.6 Å². The molecule has 0 aliphatic heterocycles. The first-order valence-electron chi connectivity index (χ1n) is 9.76. The van der Waals surface area contributed by atoms with E-state index in [1.807, 2.05) is 63.2 Å². The maximum Gasteiger partial charge on any atom is 0.259 e. The van der Waals surface area contributed by atoms with E-state index >= 15 is 0 Å². The molecule has 0 unspecified atom stereocenters. The second kappa shape index (κ2) is 7.52. The molecule has 5 nitrogen and oxygen atoms in total. The molecule has 3 N–H and O–H groups in total. The lowest BCUT2D eigenvalue weighted by Gasteiger charge is -2.10. The summed E-state index contributed by atoms with van der Waals surface area (Å²) in [6.07, 6.45) is 1.75. The summed E-state index contributed by atoms with van der Waals surface area (Å²) in [5.41, 5.74) is 12.1. The summed E-state index contributed by atoms with van der Waals surface area (Å²) in [4.78, 5) is 26.5. The van der Waals surface area contributed by atoms with Crippen molar-refractivity contribution >= 4 is 28.6 Å². The lowest BCUT2D eigenvalue weighted by molar-refractivity contribution is 0.102. The normalized spacial score (nSPS) is 10.9. The van der Waals surface area contributed by atoms with Crippen molar-refractivity contribution in [3.63, 3.8) is 0 Å². The molecule has 0 saturated carbocycles. The fourth-order valence-electron chi connectivity index (χ4n) is 3.61. The first-order chi connectivity index (χ1) is 14.4. The van der Waals surface area contributed by atoms with Crippen molar-refractivity contribution in [2.75, 3.05) is 11.1 Å². The zero-order chi connectivity index (χ0) is 21.4. The summed E-state index contributed by atoms with van der Waals surface area (Å²) in [7, 11) is 0. The Morgan fingerprint density at radius 2 is 1.63 bits per heavy atom. The maximum atomic E-state index is 13.3. The number of nitrogen functional groups attached to an aromatic ring is 1. The van der Waals surface area contributed by atoms with Gasteiger partial charge in [-0.15, -0.1) is 0 Å². The Kier molecular flexibility index (Phi) is 4.88. The van der Waals surface area contributed by atoms with Crippen LogP contribution in [-0.2, 0) is 0 Å². The Morgan fingerprint density at radius 1 is 0.900 bits per heavy atom. The Morgan fingerprint density at radius 3 is 2.37 bits per heavy atom. The molecule has 1 amide bonds. The monoisotopic (exact) mass is 397 g/mol. The van der Waals surface area contributed by atoms with Crippen LogP contribution in [0.4, 0.5) is 11.4 Å². The molecule has 2 aromatic heterocycles. The molecule has 0 aliphatic carbocycles. The molecular formula is C25H23N3O2. The van der Waals surface area contributed by atoms with E-state index in [1.165, 1.54) is 0 Å². The fraction of sp³-hybridized carbons (Fsp3) is 0.120. The van der Waals surface area contributed by atoms with Gasteiger partial charge in [-0.1, -0.05) is 48.0 Å². The van der Waals surface area contributed by atoms with Crippen LogP contribution >= 0.6 is 0 Å². The lowest BCUT2D eigenvalue weighted by Crippen LogP contribution is -2.15. The number of nitrogens with two attached hydrogens (primary N) is 1. The van der Waals surface area contributed by atoms with Gasteiger partial charge >= 0.3 is 0 Å². The number of nitrogens with zero attached hydrogens (tertiary/aromatic N) is 1. The van der Waals surface area contributed by atoms with Crippen LogP contribution in [0.2, 0.25) is 0 Å². The number of ketones is 1. The van der Waals surface area contributed by atoms with Gasteiger partial charge in [0.1, 0.15) is 5.69 Å². The number of hydrogen-bond donors (Lipinski definition) is 2. The summed E-state index contributed by atoms with van der Waals surface area (Å²) >= 11 is 0. The average Bonchev–Trinajstić information content (AvgIpc) is 3.03. The first-order valence-corrected chi connectivity index (χ1v) is 9.76. The van der Waals surface area contributed by atoms with Crippen LogP contribution in [0.5, 0.6) is 0 Å². The number of carbonyl (C=O) groups excluding carboxylic acids is 2. The summed E-state index contributed by atoms with van der Waals surface area (Å²) < 4.78 is 1.69. The SMILES string of the molecule is Cc1ccc(C(=O)c2c(N)c(C(=O)Nc3cccc(C)c3C)c3ccccn23)cc1. The third-order valence-electron chi connectivity index (χ3n) is 5.49.